The summed E-state index contributed by atoms with van der Waals surface area (Å²) in [7, 11) is 0. The SMILES string of the molecule is Cc1cc(N(CCC#N)C(=O)COC(=O)c2ccccc2C(=O)c2cccs2)ccc1Cl. The standard InChI is InChI=1S/C24H19ClN2O4S/c1-16-14-17(9-10-20(16)25)27(12-5-11-26)22(28)15-31-24(30)19-7-3-2-6-18(19)23(29)21-8-4-13-32-21/h2-4,6-10,13-14H,5,12,15H2,1H3. The van der Waals surface area contributed by atoms with E-state index in [0.29, 0.717) is 15.6 Å². The highest BCUT2D eigenvalue weighted by atomic mass is 35.5. The van der Waals surface area contributed by atoms with Gasteiger partial charge in [-0.1, -0.05) is 35.9 Å². The lowest BCUT2D eigenvalue weighted by Gasteiger charge is -2.22. The Morgan fingerprint density at radius 3 is 2.50 bits per heavy atom. The van der Waals surface area contributed by atoms with Gasteiger partial charge in [-0.05, 0) is 48.2 Å². The first-order chi connectivity index (χ1) is 15.4. The van der Waals surface area contributed by atoms with Gasteiger partial charge in [-0.3, -0.25) is 9.59 Å². The topological polar surface area (TPSA) is 87.5 Å². The lowest BCUT2D eigenvalue weighted by Crippen LogP contribution is -2.35. The van der Waals surface area contributed by atoms with Crippen molar-refractivity contribution in [3.63, 3.8) is 0 Å². The molecule has 162 valence electrons. The molecule has 0 aliphatic heterocycles. The van der Waals surface area contributed by atoms with Crippen LogP contribution in [0.15, 0.2) is 60.0 Å². The van der Waals surface area contributed by atoms with Crippen molar-refractivity contribution in [2.24, 2.45) is 0 Å². The van der Waals surface area contributed by atoms with Crippen LogP contribution in [0.1, 0.15) is 37.6 Å². The summed E-state index contributed by atoms with van der Waals surface area (Å²) in [6.07, 6.45) is 0.111. The number of thiophene rings is 1. The third kappa shape index (κ3) is 5.41. The van der Waals surface area contributed by atoms with Gasteiger partial charge < -0.3 is 9.64 Å². The van der Waals surface area contributed by atoms with Crippen LogP contribution in [0.5, 0.6) is 0 Å². The average Bonchev–Trinajstić information content (AvgIpc) is 3.34. The molecule has 8 heteroatoms. The van der Waals surface area contributed by atoms with Crippen molar-refractivity contribution in [2.45, 2.75) is 13.3 Å². The largest absolute Gasteiger partial charge is 0.452 e. The number of benzene rings is 2. The summed E-state index contributed by atoms with van der Waals surface area (Å²) in [5, 5.41) is 11.3. The minimum Gasteiger partial charge on any atom is -0.452 e. The summed E-state index contributed by atoms with van der Waals surface area (Å²) < 4.78 is 5.25. The third-order valence-corrected chi connectivity index (χ3v) is 5.96. The molecule has 32 heavy (non-hydrogen) atoms. The Bertz CT molecular complexity index is 1180. The van der Waals surface area contributed by atoms with Gasteiger partial charge in [-0.25, -0.2) is 4.79 Å². The second-order valence-corrected chi connectivity index (χ2v) is 8.17. The molecule has 0 fully saturated rings. The Balaban J connectivity index is 1.75. The Morgan fingerprint density at radius 1 is 1.09 bits per heavy atom. The Labute approximate surface area is 194 Å². The van der Waals surface area contributed by atoms with Crippen molar-refractivity contribution in [1.29, 1.82) is 5.26 Å². The van der Waals surface area contributed by atoms with Crippen LogP contribution in [0.4, 0.5) is 5.69 Å². The summed E-state index contributed by atoms with van der Waals surface area (Å²) in [5.74, 6) is -1.55. The predicted octanol–water partition coefficient (Wildman–Crippen LogP) is 5.04. The number of carbonyl (C=O) groups is 3. The fourth-order valence-electron chi connectivity index (χ4n) is 3.04. The van der Waals surface area contributed by atoms with Crippen molar-refractivity contribution >= 4 is 46.3 Å². The molecule has 0 aliphatic carbocycles. The molecule has 0 unspecified atom stereocenters. The van der Waals surface area contributed by atoms with E-state index in [-0.39, 0.29) is 29.9 Å². The predicted molar refractivity (Wildman–Crippen MR) is 123 cm³/mol. The summed E-state index contributed by atoms with van der Waals surface area (Å²) in [5.41, 5.74) is 1.63. The Hall–Kier alpha value is -3.47. The van der Waals surface area contributed by atoms with Crippen molar-refractivity contribution in [1.82, 2.24) is 0 Å². The monoisotopic (exact) mass is 466 g/mol. The molecule has 1 amide bonds. The third-order valence-electron chi connectivity index (χ3n) is 4.66. The number of nitrogens with zero attached hydrogens (tertiary/aromatic N) is 2. The van der Waals surface area contributed by atoms with Gasteiger partial charge in [0.2, 0.25) is 5.78 Å². The molecule has 0 aliphatic rings. The first-order valence-corrected chi connectivity index (χ1v) is 11.0. The number of aryl methyl sites for hydroxylation is 1. The molecule has 0 radical (unpaired) electrons. The maximum atomic E-state index is 12.8. The fourth-order valence-corrected chi connectivity index (χ4v) is 3.83. The van der Waals surface area contributed by atoms with Gasteiger partial charge in [-0.15, -0.1) is 11.3 Å². The van der Waals surface area contributed by atoms with Crippen LogP contribution in [0.3, 0.4) is 0 Å². The number of amides is 1. The molecular formula is C24H19ClN2O4S. The maximum absolute atomic E-state index is 12.8. The summed E-state index contributed by atoms with van der Waals surface area (Å²) in [4.78, 5) is 40.1. The number of esters is 1. The van der Waals surface area contributed by atoms with E-state index in [1.807, 2.05) is 6.07 Å². The van der Waals surface area contributed by atoms with Gasteiger partial charge in [0.1, 0.15) is 0 Å². The van der Waals surface area contributed by atoms with Gasteiger partial charge >= 0.3 is 5.97 Å². The van der Waals surface area contributed by atoms with E-state index >= 15 is 0 Å². The molecule has 2 aromatic carbocycles. The zero-order valence-electron chi connectivity index (χ0n) is 17.2. The van der Waals surface area contributed by atoms with Crippen LogP contribution in [-0.2, 0) is 9.53 Å². The zero-order valence-corrected chi connectivity index (χ0v) is 18.8. The fraction of sp³-hybridized carbons (Fsp3) is 0.167. The highest BCUT2D eigenvalue weighted by Crippen LogP contribution is 2.23. The summed E-state index contributed by atoms with van der Waals surface area (Å²) in [6, 6.07) is 16.8. The quantitative estimate of drug-likeness (QED) is 0.342. The Morgan fingerprint density at radius 2 is 1.84 bits per heavy atom. The second kappa shape index (κ2) is 10.7. The number of carbonyl (C=O) groups excluding carboxylic acids is 3. The van der Waals surface area contributed by atoms with Crippen molar-refractivity contribution in [3.8, 4) is 6.07 Å². The maximum Gasteiger partial charge on any atom is 0.339 e. The highest BCUT2D eigenvalue weighted by Gasteiger charge is 2.22. The molecule has 3 aromatic rings. The molecule has 1 aromatic heterocycles. The number of nitriles is 1. The number of ketones is 1. The van der Waals surface area contributed by atoms with Crippen molar-refractivity contribution in [2.75, 3.05) is 18.1 Å². The molecule has 0 saturated carbocycles. The normalized spacial score (nSPS) is 10.3. The first kappa shape index (κ1) is 23.2. The van der Waals surface area contributed by atoms with Gasteiger partial charge in [0.15, 0.2) is 6.61 Å². The summed E-state index contributed by atoms with van der Waals surface area (Å²) >= 11 is 7.34. The Kier molecular flexibility index (Phi) is 7.77. The lowest BCUT2D eigenvalue weighted by atomic mass is 10.0. The number of hydrogen-bond donors (Lipinski definition) is 0. The van der Waals surface area contributed by atoms with Crippen molar-refractivity contribution in [3.05, 3.63) is 86.6 Å². The first-order valence-electron chi connectivity index (χ1n) is 9.70. The van der Waals surface area contributed by atoms with Crippen LogP contribution in [0, 0.1) is 18.3 Å². The van der Waals surface area contributed by atoms with Gasteiger partial charge in [0.25, 0.3) is 5.91 Å². The number of halogens is 1. The molecule has 0 N–H and O–H groups in total. The van der Waals surface area contributed by atoms with Gasteiger partial charge in [0, 0.05) is 22.8 Å². The van der Waals surface area contributed by atoms with Crippen LogP contribution < -0.4 is 4.90 Å². The minimum atomic E-state index is -0.772. The molecule has 0 bridgehead atoms. The zero-order chi connectivity index (χ0) is 23.1. The number of anilines is 1. The van der Waals surface area contributed by atoms with E-state index in [1.165, 1.54) is 22.3 Å². The van der Waals surface area contributed by atoms with Gasteiger partial charge in [0.05, 0.1) is 22.9 Å². The smallest absolute Gasteiger partial charge is 0.339 e. The second-order valence-electron chi connectivity index (χ2n) is 6.82. The number of ether oxygens (including phenoxy) is 1. The van der Waals surface area contributed by atoms with Crippen LogP contribution >= 0.6 is 22.9 Å². The van der Waals surface area contributed by atoms with Gasteiger partial charge in [-0.2, -0.15) is 5.26 Å². The van der Waals surface area contributed by atoms with E-state index in [9.17, 15) is 14.4 Å². The van der Waals surface area contributed by atoms with E-state index in [0.717, 1.165) is 5.56 Å². The van der Waals surface area contributed by atoms with Crippen LogP contribution in [-0.4, -0.2) is 30.8 Å². The minimum absolute atomic E-state index is 0.0876. The van der Waals surface area contributed by atoms with Crippen LogP contribution in [0.25, 0.3) is 0 Å². The molecule has 0 spiro atoms. The molecular weight excluding hydrogens is 448 g/mol. The van der Waals surface area contributed by atoms with Crippen LogP contribution in [0.2, 0.25) is 5.02 Å². The van der Waals surface area contributed by atoms with E-state index in [1.54, 1.807) is 60.8 Å². The molecule has 6 nitrogen and oxygen atoms in total. The van der Waals surface area contributed by atoms with E-state index in [2.05, 4.69) is 0 Å². The molecule has 0 saturated heterocycles. The van der Waals surface area contributed by atoms with E-state index in [4.69, 9.17) is 21.6 Å². The molecule has 0 atom stereocenters. The lowest BCUT2D eigenvalue weighted by molar-refractivity contribution is -0.121. The van der Waals surface area contributed by atoms with E-state index < -0.39 is 18.5 Å². The molecule has 3 rings (SSSR count). The number of hydrogen-bond acceptors (Lipinski definition) is 6. The average molecular weight is 467 g/mol. The highest BCUT2D eigenvalue weighted by molar-refractivity contribution is 7.12. The van der Waals surface area contributed by atoms with Crippen molar-refractivity contribution < 1.29 is 19.1 Å². The number of rotatable bonds is 8. The molecule has 1 heterocycles. The summed E-state index contributed by atoms with van der Waals surface area (Å²) in [6.45, 7) is 1.41.